The van der Waals surface area contributed by atoms with E-state index in [1.807, 2.05) is 24.3 Å². The molecule has 0 atom stereocenters. The van der Waals surface area contributed by atoms with Gasteiger partial charge in [0.05, 0.1) is 5.69 Å². The normalized spacial score (nSPS) is 18.0. The second-order valence-corrected chi connectivity index (χ2v) is 5.94. The van der Waals surface area contributed by atoms with Crippen molar-refractivity contribution in [2.45, 2.75) is 39.0 Å². The minimum Gasteiger partial charge on any atom is -0.325 e. The molecule has 0 saturated heterocycles. The molecule has 1 amide bonds. The molecule has 0 spiro atoms. The van der Waals surface area contributed by atoms with E-state index in [1.165, 1.54) is 12.8 Å². The third-order valence-corrected chi connectivity index (χ3v) is 4.78. The van der Waals surface area contributed by atoms with E-state index in [2.05, 4.69) is 34.8 Å². The first-order valence-electron chi connectivity index (χ1n) is 6.24. The highest BCUT2D eigenvalue weighted by atomic mass is 127. The smallest absolute Gasteiger partial charge is 0.230 e. The lowest BCUT2D eigenvalue weighted by Crippen LogP contribution is -2.33. The van der Waals surface area contributed by atoms with Crippen molar-refractivity contribution < 1.29 is 4.79 Å². The largest absolute Gasteiger partial charge is 0.325 e. The van der Waals surface area contributed by atoms with Gasteiger partial charge in [-0.3, -0.25) is 4.79 Å². The fourth-order valence-electron chi connectivity index (χ4n) is 2.61. The van der Waals surface area contributed by atoms with Crippen LogP contribution < -0.4 is 5.32 Å². The van der Waals surface area contributed by atoms with Crippen molar-refractivity contribution >= 4 is 34.2 Å². The van der Waals surface area contributed by atoms with Crippen LogP contribution in [0.1, 0.15) is 39.0 Å². The van der Waals surface area contributed by atoms with Gasteiger partial charge in [-0.15, -0.1) is 0 Å². The Balaban J connectivity index is 2.14. The van der Waals surface area contributed by atoms with Crippen molar-refractivity contribution in [3.05, 3.63) is 27.8 Å². The number of carbonyl (C=O) groups excluding carboxylic acids is 1. The number of para-hydroxylation sites is 1. The van der Waals surface area contributed by atoms with Gasteiger partial charge in [-0.25, -0.2) is 0 Å². The molecule has 0 heterocycles. The molecule has 0 aliphatic heterocycles. The molecule has 1 aromatic carbocycles. The van der Waals surface area contributed by atoms with Crippen LogP contribution in [0.25, 0.3) is 0 Å². The summed E-state index contributed by atoms with van der Waals surface area (Å²) in [6, 6.07) is 7.94. The molecule has 0 bridgehead atoms. The van der Waals surface area contributed by atoms with Gasteiger partial charge in [0.15, 0.2) is 0 Å². The second kappa shape index (κ2) is 5.38. The van der Waals surface area contributed by atoms with Crippen molar-refractivity contribution in [3.8, 4) is 0 Å². The molecule has 1 saturated carbocycles. The van der Waals surface area contributed by atoms with E-state index in [-0.39, 0.29) is 11.3 Å². The number of rotatable bonds is 3. The van der Waals surface area contributed by atoms with Crippen LogP contribution in [0.15, 0.2) is 24.3 Å². The number of anilines is 1. The molecule has 2 rings (SSSR count). The molecule has 0 aromatic heterocycles. The quantitative estimate of drug-likeness (QED) is 0.819. The Hall–Kier alpha value is -0.580. The van der Waals surface area contributed by atoms with Gasteiger partial charge in [-0.1, -0.05) is 31.9 Å². The van der Waals surface area contributed by atoms with Crippen LogP contribution >= 0.6 is 22.6 Å². The van der Waals surface area contributed by atoms with Crippen molar-refractivity contribution in [3.63, 3.8) is 0 Å². The number of benzene rings is 1. The van der Waals surface area contributed by atoms with Gasteiger partial charge in [0.1, 0.15) is 0 Å². The number of nitrogens with one attached hydrogen (secondary N) is 1. The Labute approximate surface area is 116 Å². The summed E-state index contributed by atoms with van der Waals surface area (Å²) in [7, 11) is 0. The average Bonchev–Trinajstić information content (AvgIpc) is 2.82. The van der Waals surface area contributed by atoms with Crippen LogP contribution in [-0.2, 0) is 4.79 Å². The Kier molecular flexibility index (Phi) is 4.07. The Bertz CT molecular complexity index is 410. The van der Waals surface area contributed by atoms with E-state index in [0.29, 0.717) is 0 Å². The topological polar surface area (TPSA) is 29.1 Å². The predicted molar refractivity (Wildman–Crippen MR) is 79.0 cm³/mol. The van der Waals surface area contributed by atoms with E-state index < -0.39 is 0 Å². The maximum absolute atomic E-state index is 12.4. The number of carbonyl (C=O) groups is 1. The first-order chi connectivity index (χ1) is 8.18. The van der Waals surface area contributed by atoms with E-state index in [1.54, 1.807) is 0 Å². The lowest BCUT2D eigenvalue weighted by molar-refractivity contribution is -0.125. The van der Waals surface area contributed by atoms with Crippen molar-refractivity contribution in [2.75, 3.05) is 5.32 Å². The molecule has 0 radical (unpaired) electrons. The highest BCUT2D eigenvalue weighted by molar-refractivity contribution is 14.1. The SMILES string of the molecule is CCC1(C(=O)Nc2ccccc2I)CCCC1. The number of halogens is 1. The van der Waals surface area contributed by atoms with Crippen LogP contribution in [0.3, 0.4) is 0 Å². The summed E-state index contributed by atoms with van der Waals surface area (Å²) in [5.74, 6) is 0.210. The Morgan fingerprint density at radius 3 is 2.59 bits per heavy atom. The Morgan fingerprint density at radius 2 is 2.00 bits per heavy atom. The maximum Gasteiger partial charge on any atom is 0.230 e. The first-order valence-corrected chi connectivity index (χ1v) is 7.32. The molecule has 1 aliphatic rings. The minimum absolute atomic E-state index is 0.112. The van der Waals surface area contributed by atoms with Crippen molar-refractivity contribution in [1.82, 2.24) is 0 Å². The van der Waals surface area contributed by atoms with Crippen molar-refractivity contribution in [1.29, 1.82) is 0 Å². The molecule has 92 valence electrons. The van der Waals surface area contributed by atoms with Crippen LogP contribution in [0, 0.1) is 8.99 Å². The molecular weight excluding hydrogens is 325 g/mol. The second-order valence-electron chi connectivity index (χ2n) is 4.77. The molecule has 1 N–H and O–H groups in total. The zero-order chi connectivity index (χ0) is 12.3. The lowest BCUT2D eigenvalue weighted by Gasteiger charge is -2.26. The molecule has 1 aromatic rings. The average molecular weight is 343 g/mol. The van der Waals surface area contributed by atoms with Gasteiger partial charge in [0, 0.05) is 8.99 Å². The highest BCUT2D eigenvalue weighted by Crippen LogP contribution is 2.42. The molecular formula is C14H18INO. The molecule has 1 aliphatic carbocycles. The molecule has 1 fully saturated rings. The van der Waals surface area contributed by atoms with Gasteiger partial charge >= 0.3 is 0 Å². The summed E-state index contributed by atoms with van der Waals surface area (Å²) < 4.78 is 1.10. The molecule has 2 nitrogen and oxygen atoms in total. The first kappa shape index (κ1) is 12.9. The monoisotopic (exact) mass is 343 g/mol. The maximum atomic E-state index is 12.4. The summed E-state index contributed by atoms with van der Waals surface area (Å²) >= 11 is 2.26. The van der Waals surface area contributed by atoms with Crippen LogP contribution in [-0.4, -0.2) is 5.91 Å². The number of hydrogen-bond donors (Lipinski definition) is 1. The van der Waals surface area contributed by atoms with E-state index in [9.17, 15) is 4.79 Å². The highest BCUT2D eigenvalue weighted by Gasteiger charge is 2.39. The fourth-order valence-corrected chi connectivity index (χ4v) is 3.13. The lowest BCUT2D eigenvalue weighted by atomic mass is 9.82. The third kappa shape index (κ3) is 2.64. The minimum atomic E-state index is -0.112. The molecule has 3 heteroatoms. The zero-order valence-corrected chi connectivity index (χ0v) is 12.3. The summed E-state index contributed by atoms with van der Waals surface area (Å²) in [6.07, 6.45) is 5.40. The summed E-state index contributed by atoms with van der Waals surface area (Å²) in [6.45, 7) is 2.13. The van der Waals surface area contributed by atoms with E-state index in [4.69, 9.17) is 0 Å². The molecule has 0 unspecified atom stereocenters. The number of hydrogen-bond acceptors (Lipinski definition) is 1. The summed E-state index contributed by atoms with van der Waals surface area (Å²) in [5.41, 5.74) is 0.830. The van der Waals surface area contributed by atoms with Gasteiger partial charge in [0.25, 0.3) is 0 Å². The third-order valence-electron chi connectivity index (χ3n) is 3.84. The van der Waals surface area contributed by atoms with Gasteiger partial charge in [0.2, 0.25) is 5.91 Å². The fraction of sp³-hybridized carbons (Fsp3) is 0.500. The Morgan fingerprint density at radius 1 is 1.35 bits per heavy atom. The van der Waals surface area contributed by atoms with Crippen LogP contribution in [0.2, 0.25) is 0 Å². The zero-order valence-electron chi connectivity index (χ0n) is 10.1. The van der Waals surface area contributed by atoms with Crippen LogP contribution in [0.5, 0.6) is 0 Å². The van der Waals surface area contributed by atoms with E-state index >= 15 is 0 Å². The van der Waals surface area contributed by atoms with Crippen molar-refractivity contribution in [2.24, 2.45) is 5.41 Å². The van der Waals surface area contributed by atoms with E-state index in [0.717, 1.165) is 28.5 Å². The predicted octanol–water partition coefficient (Wildman–Crippen LogP) is 4.20. The molecule has 17 heavy (non-hydrogen) atoms. The number of amides is 1. The van der Waals surface area contributed by atoms with Gasteiger partial charge in [-0.2, -0.15) is 0 Å². The summed E-state index contributed by atoms with van der Waals surface area (Å²) in [4.78, 5) is 12.4. The van der Waals surface area contributed by atoms with Gasteiger partial charge in [-0.05, 0) is 54.0 Å². The summed E-state index contributed by atoms with van der Waals surface area (Å²) in [5, 5.41) is 3.10. The van der Waals surface area contributed by atoms with Gasteiger partial charge < -0.3 is 5.32 Å². The standard InChI is InChI=1S/C14H18INO/c1-2-14(9-5-6-10-14)13(17)16-12-8-4-3-7-11(12)15/h3-4,7-8H,2,5-6,9-10H2,1H3,(H,16,17). The van der Waals surface area contributed by atoms with Crippen LogP contribution in [0.4, 0.5) is 5.69 Å².